The molecule has 1 rings (SSSR count). The zero-order chi connectivity index (χ0) is 12.1. The summed E-state index contributed by atoms with van der Waals surface area (Å²) in [6.07, 6.45) is 0. The molecule has 3 N–H and O–H groups in total. The van der Waals surface area contributed by atoms with Crippen LogP contribution in [0.2, 0.25) is 0 Å². The smallest absolute Gasteiger partial charge is 0.241 e. The van der Waals surface area contributed by atoms with Crippen LogP contribution in [0.25, 0.3) is 0 Å². The quantitative estimate of drug-likeness (QED) is 0.768. The molecule has 16 heavy (non-hydrogen) atoms. The second-order valence-corrected chi connectivity index (χ2v) is 3.97. The Bertz CT molecular complexity index is 349. The number of nitrogens with zero attached hydrogens (tertiary/aromatic N) is 1. The summed E-state index contributed by atoms with van der Waals surface area (Å²) < 4.78 is 0. The average molecular weight is 222 g/mol. The van der Waals surface area contributed by atoms with Gasteiger partial charge in [0.1, 0.15) is 6.04 Å². The standard InChI is InChI=1S/C12H18N2O2/c1-9-3-5-10(6-4-9)7-14(2)12(16)11(13)8-15/h3-6,11,15H,7-8,13H2,1-2H3. The maximum Gasteiger partial charge on any atom is 0.241 e. The van der Waals surface area contributed by atoms with E-state index in [1.54, 1.807) is 7.05 Å². The molecule has 0 spiro atoms. The minimum absolute atomic E-state index is 0.247. The fourth-order valence-electron chi connectivity index (χ4n) is 1.41. The van der Waals surface area contributed by atoms with Crippen molar-refractivity contribution in [2.75, 3.05) is 13.7 Å². The van der Waals surface area contributed by atoms with Crippen molar-refractivity contribution in [2.24, 2.45) is 5.73 Å². The van der Waals surface area contributed by atoms with Crippen LogP contribution < -0.4 is 5.73 Å². The first-order valence-corrected chi connectivity index (χ1v) is 5.21. The number of aryl methyl sites for hydroxylation is 1. The molecule has 1 atom stereocenters. The number of carbonyl (C=O) groups excluding carboxylic acids is 1. The maximum atomic E-state index is 11.6. The van der Waals surface area contributed by atoms with Crippen molar-refractivity contribution in [3.05, 3.63) is 35.4 Å². The molecule has 1 aromatic rings. The lowest BCUT2D eigenvalue weighted by Gasteiger charge is -2.20. The second-order valence-electron chi connectivity index (χ2n) is 3.97. The monoisotopic (exact) mass is 222 g/mol. The van der Waals surface area contributed by atoms with E-state index in [0.717, 1.165) is 5.56 Å². The van der Waals surface area contributed by atoms with Gasteiger partial charge >= 0.3 is 0 Å². The molecule has 4 nitrogen and oxygen atoms in total. The van der Waals surface area contributed by atoms with Crippen LogP contribution in [0.1, 0.15) is 11.1 Å². The number of nitrogens with two attached hydrogens (primary N) is 1. The number of benzene rings is 1. The number of likely N-dealkylation sites (N-methyl/N-ethyl adjacent to an activating group) is 1. The van der Waals surface area contributed by atoms with E-state index in [-0.39, 0.29) is 12.5 Å². The van der Waals surface area contributed by atoms with Gasteiger partial charge in [-0.15, -0.1) is 0 Å². The number of carbonyl (C=O) groups is 1. The zero-order valence-electron chi connectivity index (χ0n) is 9.68. The molecule has 0 radical (unpaired) electrons. The van der Waals surface area contributed by atoms with Gasteiger partial charge in [0.2, 0.25) is 5.91 Å². The van der Waals surface area contributed by atoms with Crippen LogP contribution in [0.5, 0.6) is 0 Å². The number of hydrogen-bond acceptors (Lipinski definition) is 3. The van der Waals surface area contributed by atoms with Gasteiger partial charge in [0, 0.05) is 13.6 Å². The summed E-state index contributed by atoms with van der Waals surface area (Å²) in [7, 11) is 1.68. The lowest BCUT2D eigenvalue weighted by atomic mass is 10.1. The SMILES string of the molecule is Cc1ccc(CN(C)C(=O)C(N)CO)cc1. The maximum absolute atomic E-state index is 11.6. The predicted molar refractivity (Wildman–Crippen MR) is 62.7 cm³/mol. The van der Waals surface area contributed by atoms with Gasteiger partial charge in [-0.1, -0.05) is 29.8 Å². The first-order chi connectivity index (χ1) is 7.54. The topological polar surface area (TPSA) is 66.6 Å². The van der Waals surface area contributed by atoms with Gasteiger partial charge in [0.05, 0.1) is 6.61 Å². The lowest BCUT2D eigenvalue weighted by molar-refractivity contribution is -0.132. The second kappa shape index (κ2) is 5.63. The number of rotatable bonds is 4. The van der Waals surface area contributed by atoms with Crippen LogP contribution in [-0.4, -0.2) is 35.6 Å². The summed E-state index contributed by atoms with van der Waals surface area (Å²) in [6.45, 7) is 2.20. The summed E-state index contributed by atoms with van der Waals surface area (Å²) in [5, 5.41) is 8.78. The molecule has 0 aliphatic heterocycles. The Morgan fingerprint density at radius 3 is 2.50 bits per heavy atom. The third-order valence-corrected chi connectivity index (χ3v) is 2.43. The highest BCUT2D eigenvalue weighted by atomic mass is 16.3. The summed E-state index contributed by atoms with van der Waals surface area (Å²) in [6, 6.07) is 7.13. The van der Waals surface area contributed by atoms with Crippen molar-refractivity contribution in [2.45, 2.75) is 19.5 Å². The highest BCUT2D eigenvalue weighted by Crippen LogP contribution is 2.06. The van der Waals surface area contributed by atoms with E-state index in [4.69, 9.17) is 10.8 Å². The molecule has 1 aromatic carbocycles. The Labute approximate surface area is 95.7 Å². The molecule has 88 valence electrons. The van der Waals surface area contributed by atoms with Crippen molar-refractivity contribution in [3.8, 4) is 0 Å². The Kier molecular flexibility index (Phi) is 4.46. The van der Waals surface area contributed by atoms with Gasteiger partial charge in [0.15, 0.2) is 0 Å². The van der Waals surface area contributed by atoms with Crippen LogP contribution in [0.3, 0.4) is 0 Å². The van der Waals surface area contributed by atoms with E-state index in [2.05, 4.69) is 0 Å². The van der Waals surface area contributed by atoms with E-state index in [1.165, 1.54) is 10.5 Å². The third-order valence-electron chi connectivity index (χ3n) is 2.43. The number of aliphatic hydroxyl groups is 1. The number of aliphatic hydroxyl groups excluding tert-OH is 1. The fourth-order valence-corrected chi connectivity index (χ4v) is 1.41. The first-order valence-electron chi connectivity index (χ1n) is 5.21. The van der Waals surface area contributed by atoms with E-state index >= 15 is 0 Å². The number of amides is 1. The summed E-state index contributed by atoms with van der Waals surface area (Å²) >= 11 is 0. The summed E-state index contributed by atoms with van der Waals surface area (Å²) in [4.78, 5) is 13.1. The molecule has 0 saturated carbocycles. The average Bonchev–Trinajstić information content (AvgIpc) is 2.30. The predicted octanol–water partition coefficient (Wildman–Crippen LogP) is 0.273. The molecular weight excluding hydrogens is 204 g/mol. The van der Waals surface area contributed by atoms with Crippen molar-refractivity contribution < 1.29 is 9.90 Å². The number of hydrogen-bond donors (Lipinski definition) is 2. The van der Waals surface area contributed by atoms with Crippen molar-refractivity contribution in [1.82, 2.24) is 4.90 Å². The Morgan fingerprint density at radius 2 is 2.00 bits per heavy atom. The Balaban J connectivity index is 2.60. The molecular formula is C12H18N2O2. The van der Waals surface area contributed by atoms with Gasteiger partial charge in [-0.2, -0.15) is 0 Å². The minimum Gasteiger partial charge on any atom is -0.394 e. The molecule has 1 amide bonds. The zero-order valence-corrected chi connectivity index (χ0v) is 9.68. The van der Waals surface area contributed by atoms with Crippen LogP contribution in [0.15, 0.2) is 24.3 Å². The molecule has 0 aliphatic rings. The molecule has 0 saturated heterocycles. The van der Waals surface area contributed by atoms with Gasteiger partial charge in [0.25, 0.3) is 0 Å². The highest BCUT2D eigenvalue weighted by Gasteiger charge is 2.16. The van der Waals surface area contributed by atoms with Crippen LogP contribution >= 0.6 is 0 Å². The Morgan fingerprint density at radius 1 is 1.44 bits per heavy atom. The molecule has 0 aromatic heterocycles. The fraction of sp³-hybridized carbons (Fsp3) is 0.417. The van der Waals surface area contributed by atoms with Gasteiger partial charge < -0.3 is 15.7 Å². The minimum atomic E-state index is -0.824. The Hall–Kier alpha value is -1.39. The van der Waals surface area contributed by atoms with Gasteiger partial charge in [-0.25, -0.2) is 0 Å². The van der Waals surface area contributed by atoms with Gasteiger partial charge in [-0.3, -0.25) is 4.79 Å². The molecule has 0 bridgehead atoms. The van der Waals surface area contributed by atoms with Crippen molar-refractivity contribution >= 4 is 5.91 Å². The van der Waals surface area contributed by atoms with E-state index in [1.807, 2.05) is 31.2 Å². The highest BCUT2D eigenvalue weighted by molar-refractivity contribution is 5.81. The molecule has 0 heterocycles. The third kappa shape index (κ3) is 3.32. The van der Waals surface area contributed by atoms with Gasteiger partial charge in [-0.05, 0) is 12.5 Å². The van der Waals surface area contributed by atoms with E-state index in [9.17, 15) is 4.79 Å². The summed E-state index contributed by atoms with van der Waals surface area (Å²) in [5.41, 5.74) is 7.69. The normalized spacial score (nSPS) is 12.2. The van der Waals surface area contributed by atoms with E-state index < -0.39 is 6.04 Å². The molecule has 0 fully saturated rings. The van der Waals surface area contributed by atoms with Crippen molar-refractivity contribution in [3.63, 3.8) is 0 Å². The van der Waals surface area contributed by atoms with Crippen LogP contribution in [0.4, 0.5) is 0 Å². The summed E-state index contributed by atoms with van der Waals surface area (Å²) in [5.74, 6) is -0.247. The van der Waals surface area contributed by atoms with Crippen LogP contribution in [0, 0.1) is 6.92 Å². The largest absolute Gasteiger partial charge is 0.394 e. The molecule has 1 unspecified atom stereocenters. The molecule has 0 aliphatic carbocycles. The first kappa shape index (κ1) is 12.7. The lowest BCUT2D eigenvalue weighted by Crippen LogP contribution is -2.43. The van der Waals surface area contributed by atoms with Crippen LogP contribution in [-0.2, 0) is 11.3 Å². The van der Waals surface area contributed by atoms with E-state index in [0.29, 0.717) is 6.54 Å². The van der Waals surface area contributed by atoms with Crippen molar-refractivity contribution in [1.29, 1.82) is 0 Å². The molecule has 4 heteroatoms.